The van der Waals surface area contributed by atoms with Crippen LogP contribution in [0.3, 0.4) is 0 Å². The van der Waals surface area contributed by atoms with Gasteiger partial charge in [-0.2, -0.15) is 9.97 Å². The molecule has 8 heterocycles. The first kappa shape index (κ1) is 74.3. The molecular weight excluding hydrogens is 1610 g/mol. The highest BCUT2D eigenvalue weighted by Gasteiger charge is 2.30. The summed E-state index contributed by atoms with van der Waals surface area (Å²) < 4.78 is 9.55. The Labute approximate surface area is 757 Å². The van der Waals surface area contributed by atoms with E-state index in [2.05, 4.69) is 334 Å². The Morgan fingerprint density at radius 3 is 0.985 bits per heavy atom. The third-order valence-corrected chi connectivity index (χ3v) is 26.8. The lowest BCUT2D eigenvalue weighted by Crippen LogP contribution is -2.06. The van der Waals surface area contributed by atoms with Gasteiger partial charge in [0.15, 0.2) is 29.1 Å². The van der Waals surface area contributed by atoms with Gasteiger partial charge in [-0.3, -0.25) is 4.57 Å². The Morgan fingerprint density at radius 2 is 0.477 bits per heavy atom. The second kappa shape index (κ2) is 29.9. The predicted octanol–water partition coefficient (Wildman–Crippen LogP) is 30.5. The topological polar surface area (TPSA) is 109 Å². The maximum Gasteiger partial charge on any atom is 0.238 e. The molecule has 0 radical (unpaired) electrons. The van der Waals surface area contributed by atoms with Gasteiger partial charge in [-0.1, -0.05) is 358 Å². The van der Waals surface area contributed by atoms with Crippen LogP contribution in [0.4, 0.5) is 0 Å². The van der Waals surface area contributed by atoms with Crippen LogP contribution >= 0.6 is 0 Å². The van der Waals surface area contributed by atoms with Crippen molar-refractivity contribution in [3.05, 3.63) is 443 Å². The molecule has 0 N–H and O–H groups in total. The molecule has 11 nitrogen and oxygen atoms in total. The zero-order valence-electron chi connectivity index (χ0n) is 71.1. The van der Waals surface area contributed by atoms with Crippen molar-refractivity contribution in [1.29, 1.82) is 0 Å². The molecule has 0 atom stereocenters. The predicted molar refractivity (Wildman–Crippen MR) is 543 cm³/mol. The highest BCUT2D eigenvalue weighted by molar-refractivity contribution is 6.35. The summed E-state index contributed by atoms with van der Waals surface area (Å²) in [6, 6.07) is 157. The van der Waals surface area contributed by atoms with Crippen LogP contribution in [-0.4, -0.2) is 53.0 Å². The first-order valence-corrected chi connectivity index (χ1v) is 44.8. The normalized spacial score (nSPS) is 11.9. The van der Waals surface area contributed by atoms with Crippen molar-refractivity contribution in [1.82, 2.24) is 53.0 Å². The summed E-state index contributed by atoms with van der Waals surface area (Å²) in [6.45, 7) is 0. The Morgan fingerprint density at radius 1 is 0.159 bits per heavy atom. The Hall–Kier alpha value is -17.9. The van der Waals surface area contributed by atoms with Crippen LogP contribution in [0.1, 0.15) is 0 Å². The van der Waals surface area contributed by atoms with E-state index in [1.807, 2.05) is 127 Å². The third-order valence-electron chi connectivity index (χ3n) is 26.8. The first-order chi connectivity index (χ1) is 65.5. The lowest BCUT2D eigenvalue weighted by Gasteiger charge is -2.14. The van der Waals surface area contributed by atoms with E-state index < -0.39 is 0 Å². The van der Waals surface area contributed by atoms with E-state index in [1.54, 1.807) is 0 Å². The van der Waals surface area contributed by atoms with E-state index in [1.165, 1.54) is 159 Å². The molecule has 0 aliphatic heterocycles. The van der Waals surface area contributed by atoms with E-state index in [0.717, 1.165) is 72.7 Å². The summed E-state index contributed by atoms with van der Waals surface area (Å²) >= 11 is 0. The molecular formula is C121H73N11. The molecule has 0 bridgehead atoms. The third kappa shape index (κ3) is 11.6. The minimum absolute atomic E-state index is 0.612. The van der Waals surface area contributed by atoms with Crippen molar-refractivity contribution < 1.29 is 0 Å². The van der Waals surface area contributed by atoms with E-state index in [9.17, 15) is 0 Å². The zero-order valence-corrected chi connectivity index (χ0v) is 71.1. The molecule has 0 spiro atoms. The van der Waals surface area contributed by atoms with Crippen LogP contribution in [-0.2, 0) is 0 Å². The van der Waals surface area contributed by atoms with Gasteiger partial charge < -0.3 is 13.5 Å². The molecule has 29 rings (SSSR count). The molecule has 0 fully saturated rings. The molecule has 2 aliphatic rings. The number of fused-ring (bicyclic) bond motifs is 12. The summed E-state index contributed by atoms with van der Waals surface area (Å²) in [5, 5.41) is 17.8. The van der Waals surface area contributed by atoms with Crippen LogP contribution in [0, 0.1) is 0 Å². The summed E-state index contributed by atoms with van der Waals surface area (Å²) in [5.74, 6) is 3.87. The smallest absolute Gasteiger partial charge is 0.238 e. The van der Waals surface area contributed by atoms with Gasteiger partial charge in [-0.05, 0) is 156 Å². The summed E-state index contributed by atoms with van der Waals surface area (Å²) in [7, 11) is 0. The molecule has 0 saturated heterocycles. The molecule has 0 amide bonds. The van der Waals surface area contributed by atoms with Crippen LogP contribution in [0.2, 0.25) is 0 Å². The Bertz CT molecular complexity index is 9290. The maximum absolute atomic E-state index is 5.11. The SMILES string of the molecule is c1ccc(-c2cccc(-c3cccc(-n4c5cccc6c7ccccc7n7c8ccccc8c8ccc4c(c65)c87)c3)n2)cc1.c1ccc(-c2nc(-c3ccccc3)nc(-c3cccc(-n4c5cccc6c5c5c7c(cccc7ccc54)-c4ccccc4-6)c3)n2)cc1.c1ccc(-c2nc(-c3ccccc3)nc(-n3c4cccc5c4c4c6c(cccc6ccc43)-c3ccccc3-5)n2)cc1. The van der Waals surface area contributed by atoms with Gasteiger partial charge >= 0.3 is 0 Å². The molecule has 0 unspecified atom stereocenters. The maximum atomic E-state index is 5.11. The van der Waals surface area contributed by atoms with Crippen molar-refractivity contribution in [3.8, 4) is 141 Å². The lowest BCUT2D eigenvalue weighted by atomic mass is 9.93. The highest BCUT2D eigenvalue weighted by Crippen LogP contribution is 2.53. The van der Waals surface area contributed by atoms with Crippen LogP contribution in [0.5, 0.6) is 0 Å². The average Bonchev–Trinajstić information content (AvgIpc) is 1.54. The molecule has 612 valence electrons. The number of rotatable bonds is 10. The number of benzene rings is 19. The quantitative estimate of drug-likeness (QED) is 0.134. The molecule has 19 aromatic carbocycles. The number of nitrogens with zero attached hydrogens (tertiary/aromatic N) is 11. The standard InChI is InChI=1S/C43H26N4.C41H25N3.C37H22N4/c1-3-12-28(13-4-1)41-44-42(29-14-5-2-6-15-29)46-43(45-41)30-17-9-18-31(26-30)47-36-23-11-22-35-33-20-8-7-19-32(33)34-21-10-16-27-24-25-37(47)40(38(27)34)39(35)36;1-2-11-26(12-3-1)33-18-10-19-34(42-33)27-13-8-14-28(25-27)43-37-22-9-17-31-29-15-4-6-20-35(29)44-36-21-7-5-16-30(36)32-23-24-38(43)40(39(31)37)41(32)44;1-3-11-24(12-4-1)35-38-36(25-13-5-2-6-14-25)40-37(39-35)41-30-20-10-19-29-27-17-8-7-16-26(27)28-18-9-15-23-21-22-31(41)34(32(23)28)33(29)30/h1-26H;1-25H;1-22H. The minimum Gasteiger partial charge on any atom is -0.309 e. The minimum atomic E-state index is 0.612. The molecule has 27 aromatic rings. The van der Waals surface area contributed by atoms with Gasteiger partial charge in [-0.15, -0.1) is 0 Å². The Balaban J connectivity index is 0.000000102. The molecule has 0 saturated carbocycles. The van der Waals surface area contributed by atoms with Crippen LogP contribution < -0.4 is 0 Å². The van der Waals surface area contributed by atoms with E-state index in [4.69, 9.17) is 34.9 Å². The van der Waals surface area contributed by atoms with Gasteiger partial charge in [0.1, 0.15) is 0 Å². The second-order valence-corrected chi connectivity index (χ2v) is 34.1. The van der Waals surface area contributed by atoms with E-state index in [0.29, 0.717) is 35.1 Å². The lowest BCUT2D eigenvalue weighted by molar-refractivity contribution is 0.953. The number of hydrogen-bond donors (Lipinski definition) is 0. The second-order valence-electron chi connectivity index (χ2n) is 34.1. The number of pyridine rings is 1. The van der Waals surface area contributed by atoms with Gasteiger partial charge in [0.25, 0.3) is 0 Å². The number of hydrogen-bond acceptors (Lipinski definition) is 7. The summed E-state index contributed by atoms with van der Waals surface area (Å²) in [4.78, 5) is 35.1. The highest BCUT2D eigenvalue weighted by atomic mass is 15.2. The fraction of sp³-hybridized carbons (Fsp3) is 0. The zero-order chi connectivity index (χ0) is 86.6. The van der Waals surface area contributed by atoms with E-state index >= 15 is 0 Å². The average molecular weight is 1680 g/mol. The van der Waals surface area contributed by atoms with Crippen molar-refractivity contribution in [2.45, 2.75) is 0 Å². The van der Waals surface area contributed by atoms with Crippen LogP contribution in [0.25, 0.3) is 266 Å². The molecule has 132 heavy (non-hydrogen) atoms. The van der Waals surface area contributed by atoms with Gasteiger partial charge in [0.05, 0.1) is 61.0 Å². The first-order valence-electron chi connectivity index (χ1n) is 44.8. The van der Waals surface area contributed by atoms with Gasteiger partial charge in [0.2, 0.25) is 5.95 Å². The van der Waals surface area contributed by atoms with Crippen molar-refractivity contribution in [2.75, 3.05) is 0 Å². The van der Waals surface area contributed by atoms with Crippen molar-refractivity contribution in [2.24, 2.45) is 0 Å². The molecule has 11 heteroatoms. The summed E-state index contributed by atoms with van der Waals surface area (Å²) in [5.41, 5.74) is 31.9. The number of para-hydroxylation sites is 2. The fourth-order valence-electron chi connectivity index (χ4n) is 21.2. The van der Waals surface area contributed by atoms with Gasteiger partial charge in [-0.25, -0.2) is 24.9 Å². The van der Waals surface area contributed by atoms with E-state index in [-0.39, 0.29) is 0 Å². The largest absolute Gasteiger partial charge is 0.309 e. The monoisotopic (exact) mass is 1680 g/mol. The van der Waals surface area contributed by atoms with Crippen LogP contribution in [0.15, 0.2) is 443 Å². The Kier molecular flexibility index (Phi) is 16.8. The molecule has 2 aliphatic carbocycles. The fourth-order valence-corrected chi connectivity index (χ4v) is 21.2. The number of aromatic nitrogens is 11. The van der Waals surface area contributed by atoms with Crippen molar-refractivity contribution in [3.63, 3.8) is 0 Å². The van der Waals surface area contributed by atoms with Gasteiger partial charge in [0, 0.05) is 98.8 Å². The van der Waals surface area contributed by atoms with Crippen molar-refractivity contribution >= 4 is 125 Å². The summed E-state index contributed by atoms with van der Waals surface area (Å²) in [6.07, 6.45) is 0. The molecule has 8 aromatic heterocycles.